The van der Waals surface area contributed by atoms with E-state index >= 15 is 0 Å². The summed E-state index contributed by atoms with van der Waals surface area (Å²) >= 11 is 0. The van der Waals surface area contributed by atoms with E-state index in [0.717, 1.165) is 5.23 Å². The SMILES string of the molecule is NN1N=CC=CN1.O=C(O)C(F)(F)F. The quantitative estimate of drug-likeness (QED) is 0.484. The molecule has 0 bridgehead atoms. The molecule has 1 rings (SSSR count). The Kier molecular flexibility index (Phi) is 4.43. The number of nitrogens with one attached hydrogen (secondary N) is 1. The van der Waals surface area contributed by atoms with E-state index in [0.29, 0.717) is 0 Å². The maximum atomic E-state index is 10.6. The van der Waals surface area contributed by atoms with Gasteiger partial charge in [0, 0.05) is 6.20 Å². The molecule has 1 aliphatic rings. The zero-order chi connectivity index (χ0) is 11.2. The molecule has 0 aliphatic carbocycles. The van der Waals surface area contributed by atoms with Crippen LogP contribution in [0, 0.1) is 0 Å². The lowest BCUT2D eigenvalue weighted by atomic mass is 10.7. The third-order valence-electron chi connectivity index (χ3n) is 0.823. The molecule has 0 aromatic carbocycles. The molecule has 0 saturated carbocycles. The Morgan fingerprint density at radius 1 is 1.57 bits per heavy atom. The summed E-state index contributed by atoms with van der Waals surface area (Å²) in [6.45, 7) is 0. The molecule has 0 fully saturated rings. The summed E-state index contributed by atoms with van der Waals surface area (Å²) in [4.78, 5) is 8.90. The zero-order valence-corrected chi connectivity index (χ0v) is 6.69. The van der Waals surface area contributed by atoms with Gasteiger partial charge in [0.1, 0.15) is 0 Å². The fourth-order valence-corrected chi connectivity index (χ4v) is 0.306. The van der Waals surface area contributed by atoms with Crippen LogP contribution >= 0.6 is 0 Å². The Balaban J connectivity index is 0.000000241. The van der Waals surface area contributed by atoms with Crippen molar-refractivity contribution in [2.24, 2.45) is 10.9 Å². The molecule has 0 unspecified atom stereocenters. The number of hydrazone groups is 1. The van der Waals surface area contributed by atoms with Crippen molar-refractivity contribution in [3.8, 4) is 0 Å². The maximum Gasteiger partial charge on any atom is 0.490 e. The van der Waals surface area contributed by atoms with E-state index in [1.807, 2.05) is 0 Å². The number of carboxylic acids is 1. The monoisotopic (exact) mass is 212 g/mol. The van der Waals surface area contributed by atoms with E-state index in [-0.39, 0.29) is 0 Å². The normalized spacial score (nSPS) is 14.1. The lowest BCUT2D eigenvalue weighted by molar-refractivity contribution is -0.192. The van der Waals surface area contributed by atoms with Crippen molar-refractivity contribution in [2.75, 3.05) is 0 Å². The van der Waals surface area contributed by atoms with E-state index in [2.05, 4.69) is 10.5 Å². The average molecular weight is 212 g/mol. The number of hydrogen-bond donors (Lipinski definition) is 3. The van der Waals surface area contributed by atoms with Crippen molar-refractivity contribution >= 4 is 12.2 Å². The van der Waals surface area contributed by atoms with Crippen molar-refractivity contribution < 1.29 is 23.1 Å². The first kappa shape index (κ1) is 12.2. The minimum Gasteiger partial charge on any atom is -0.475 e. The Bertz CT molecular complexity index is 250. The van der Waals surface area contributed by atoms with Crippen LogP contribution in [0.3, 0.4) is 0 Å². The molecular weight excluding hydrogens is 205 g/mol. The number of allylic oxidation sites excluding steroid dienone is 1. The summed E-state index contributed by atoms with van der Waals surface area (Å²) in [7, 11) is 0. The van der Waals surface area contributed by atoms with Gasteiger partial charge in [-0.3, -0.25) is 5.43 Å². The Morgan fingerprint density at radius 2 is 2.07 bits per heavy atom. The number of carboxylic acid groups (broad SMARTS) is 1. The van der Waals surface area contributed by atoms with Gasteiger partial charge in [-0.15, -0.1) is 10.3 Å². The number of hydrogen-bond acceptors (Lipinski definition) is 5. The van der Waals surface area contributed by atoms with Gasteiger partial charge in [-0.1, -0.05) is 0 Å². The van der Waals surface area contributed by atoms with Gasteiger partial charge >= 0.3 is 12.1 Å². The molecule has 1 aliphatic heterocycles. The van der Waals surface area contributed by atoms with Crippen molar-refractivity contribution in [1.82, 2.24) is 10.7 Å². The lowest BCUT2D eigenvalue weighted by Crippen LogP contribution is -2.37. The average Bonchev–Trinajstić information content (AvgIpc) is 2.04. The van der Waals surface area contributed by atoms with Crippen LogP contribution in [0.15, 0.2) is 17.4 Å². The van der Waals surface area contributed by atoms with Crippen LogP contribution in [0.25, 0.3) is 0 Å². The Morgan fingerprint density at radius 3 is 2.21 bits per heavy atom. The van der Waals surface area contributed by atoms with Gasteiger partial charge in [-0.2, -0.15) is 13.2 Å². The van der Waals surface area contributed by atoms with Crippen LogP contribution in [0.4, 0.5) is 13.2 Å². The van der Waals surface area contributed by atoms with Crippen LogP contribution in [0.2, 0.25) is 0 Å². The van der Waals surface area contributed by atoms with E-state index in [4.69, 9.17) is 15.7 Å². The fourth-order valence-electron chi connectivity index (χ4n) is 0.306. The van der Waals surface area contributed by atoms with Gasteiger partial charge in [0.25, 0.3) is 0 Å². The number of carbonyl (C=O) groups is 1. The second-order valence-electron chi connectivity index (χ2n) is 1.90. The van der Waals surface area contributed by atoms with Crippen LogP contribution in [-0.4, -0.2) is 28.7 Å². The molecule has 0 radical (unpaired) electrons. The minimum absolute atomic E-state index is 1.12. The van der Waals surface area contributed by atoms with Gasteiger partial charge in [0.15, 0.2) is 0 Å². The maximum absolute atomic E-state index is 10.6. The lowest BCUT2D eigenvalue weighted by Gasteiger charge is -2.11. The second-order valence-corrected chi connectivity index (χ2v) is 1.90. The van der Waals surface area contributed by atoms with Gasteiger partial charge in [0.05, 0.1) is 6.21 Å². The van der Waals surface area contributed by atoms with Gasteiger partial charge in [-0.25, -0.2) is 10.6 Å². The molecule has 14 heavy (non-hydrogen) atoms. The van der Waals surface area contributed by atoms with Crippen LogP contribution in [0.5, 0.6) is 0 Å². The summed E-state index contributed by atoms with van der Waals surface area (Å²) in [5.74, 6) is 2.35. The summed E-state index contributed by atoms with van der Waals surface area (Å²) in [5.41, 5.74) is 2.61. The molecule has 0 amide bonds. The smallest absolute Gasteiger partial charge is 0.475 e. The molecule has 0 saturated heterocycles. The highest BCUT2D eigenvalue weighted by atomic mass is 19.4. The third kappa shape index (κ3) is 5.83. The van der Waals surface area contributed by atoms with Gasteiger partial charge < -0.3 is 5.11 Å². The first-order valence-corrected chi connectivity index (χ1v) is 3.14. The summed E-state index contributed by atoms with van der Waals surface area (Å²) in [5, 5.41) is 11.9. The Hall–Kier alpha value is -1.77. The molecule has 0 atom stereocenters. The molecule has 1 heterocycles. The van der Waals surface area contributed by atoms with E-state index < -0.39 is 12.1 Å². The fraction of sp³-hybridized carbons (Fsp3) is 0.200. The molecule has 0 spiro atoms. The zero-order valence-electron chi connectivity index (χ0n) is 6.69. The summed E-state index contributed by atoms with van der Waals surface area (Å²) < 4.78 is 31.7. The number of aliphatic carboxylic acids is 1. The largest absolute Gasteiger partial charge is 0.490 e. The predicted octanol–water partition coefficient (Wildman–Crippen LogP) is -0.187. The molecule has 9 heteroatoms. The molecule has 80 valence electrons. The number of halogens is 3. The predicted molar refractivity (Wildman–Crippen MR) is 40.5 cm³/mol. The minimum atomic E-state index is -5.08. The number of rotatable bonds is 0. The second kappa shape index (κ2) is 5.07. The van der Waals surface area contributed by atoms with E-state index in [1.54, 1.807) is 18.5 Å². The highest BCUT2D eigenvalue weighted by Crippen LogP contribution is 2.13. The molecule has 4 N–H and O–H groups in total. The van der Waals surface area contributed by atoms with E-state index in [1.165, 1.54) is 0 Å². The highest BCUT2D eigenvalue weighted by Gasteiger charge is 2.38. The number of nitrogens with two attached hydrogens (primary N) is 1. The van der Waals surface area contributed by atoms with Crippen molar-refractivity contribution in [2.45, 2.75) is 6.18 Å². The van der Waals surface area contributed by atoms with Gasteiger partial charge in [-0.05, 0) is 6.08 Å². The molecular formula is C5H7F3N4O2. The number of hydrazine groups is 2. The van der Waals surface area contributed by atoms with Crippen molar-refractivity contribution in [3.63, 3.8) is 0 Å². The van der Waals surface area contributed by atoms with E-state index in [9.17, 15) is 13.2 Å². The summed E-state index contributed by atoms with van der Waals surface area (Å²) in [6.07, 6.45) is -0.0488. The van der Waals surface area contributed by atoms with Gasteiger partial charge in [0.2, 0.25) is 0 Å². The first-order valence-electron chi connectivity index (χ1n) is 3.14. The van der Waals surface area contributed by atoms with Crippen LogP contribution in [-0.2, 0) is 4.79 Å². The molecule has 6 nitrogen and oxygen atoms in total. The Labute approximate surface area is 76.4 Å². The van der Waals surface area contributed by atoms with Crippen molar-refractivity contribution in [3.05, 3.63) is 12.3 Å². The number of nitrogens with zero attached hydrogens (tertiary/aromatic N) is 2. The topological polar surface area (TPSA) is 91.0 Å². The van der Waals surface area contributed by atoms with Crippen LogP contribution in [0.1, 0.15) is 0 Å². The number of alkyl halides is 3. The van der Waals surface area contributed by atoms with Crippen LogP contribution < -0.4 is 11.3 Å². The molecule has 0 aromatic rings. The first-order chi connectivity index (χ1) is 6.34. The standard InChI is InChI=1S/C3H6N4.C2HF3O2/c4-7-5-2-1-3-6-7;3-2(4,5)1(6)7/h1-3,5H,4H2;(H,6,7). The third-order valence-corrected chi connectivity index (χ3v) is 0.823. The molecule has 0 aromatic heterocycles. The summed E-state index contributed by atoms with van der Waals surface area (Å²) in [6, 6.07) is 0. The van der Waals surface area contributed by atoms with Crippen molar-refractivity contribution in [1.29, 1.82) is 0 Å². The highest BCUT2D eigenvalue weighted by molar-refractivity contribution is 5.73.